The molecule has 2 rings (SSSR count). The van der Waals surface area contributed by atoms with Gasteiger partial charge in [0.1, 0.15) is 4.70 Å². The summed E-state index contributed by atoms with van der Waals surface area (Å²) in [7, 11) is 0. The quantitative estimate of drug-likeness (QED) is 0.759. The lowest BCUT2D eigenvalue weighted by molar-refractivity contribution is 0.566. The zero-order valence-corrected chi connectivity index (χ0v) is 9.54. The van der Waals surface area contributed by atoms with Crippen LogP contribution in [0, 0.1) is 4.77 Å². The van der Waals surface area contributed by atoms with Gasteiger partial charge in [-0.1, -0.05) is 0 Å². The first-order valence-electron chi connectivity index (χ1n) is 4.33. The molecule has 2 aromatic rings. The van der Waals surface area contributed by atoms with Gasteiger partial charge in [0.2, 0.25) is 0 Å². The summed E-state index contributed by atoms with van der Waals surface area (Å²) >= 11 is 6.56. The third-order valence-corrected chi connectivity index (χ3v) is 3.26. The van der Waals surface area contributed by atoms with E-state index in [9.17, 15) is 4.79 Å². The molecule has 0 spiro atoms. The zero-order valence-electron chi connectivity index (χ0n) is 7.90. The van der Waals surface area contributed by atoms with E-state index < -0.39 is 0 Å². The van der Waals surface area contributed by atoms with Gasteiger partial charge in [0, 0.05) is 6.04 Å². The van der Waals surface area contributed by atoms with Gasteiger partial charge in [-0.3, -0.25) is 9.36 Å². The van der Waals surface area contributed by atoms with Crippen LogP contribution in [0.1, 0.15) is 19.9 Å². The molecule has 0 aromatic carbocycles. The molecule has 0 aliphatic carbocycles. The van der Waals surface area contributed by atoms with Gasteiger partial charge in [0.15, 0.2) is 4.77 Å². The Labute approximate surface area is 90.0 Å². The number of aromatic nitrogens is 2. The molecule has 0 bridgehead atoms. The number of nitrogens with zero attached hydrogens (tertiary/aromatic N) is 1. The molecular weight excluding hydrogens is 216 g/mol. The summed E-state index contributed by atoms with van der Waals surface area (Å²) in [4.78, 5) is 15.0. The average Bonchev–Trinajstić information content (AvgIpc) is 2.50. The van der Waals surface area contributed by atoms with Crippen molar-refractivity contribution in [2.24, 2.45) is 0 Å². The molecule has 0 unspecified atom stereocenters. The number of nitrogens with one attached hydrogen (secondary N) is 1. The molecule has 5 heteroatoms. The van der Waals surface area contributed by atoms with Crippen LogP contribution in [0.4, 0.5) is 0 Å². The van der Waals surface area contributed by atoms with Crippen molar-refractivity contribution in [2.75, 3.05) is 0 Å². The van der Waals surface area contributed by atoms with Crippen molar-refractivity contribution in [1.82, 2.24) is 9.55 Å². The van der Waals surface area contributed by atoms with Gasteiger partial charge in [0.05, 0.1) is 5.52 Å². The Kier molecular flexibility index (Phi) is 2.28. The van der Waals surface area contributed by atoms with Crippen molar-refractivity contribution < 1.29 is 0 Å². The van der Waals surface area contributed by atoms with Gasteiger partial charge >= 0.3 is 0 Å². The average molecular weight is 226 g/mol. The highest BCUT2D eigenvalue weighted by atomic mass is 32.1. The van der Waals surface area contributed by atoms with E-state index >= 15 is 0 Å². The van der Waals surface area contributed by atoms with Crippen LogP contribution in [0.3, 0.4) is 0 Å². The van der Waals surface area contributed by atoms with Crippen LogP contribution in [0.5, 0.6) is 0 Å². The number of H-pyrrole nitrogens is 1. The number of aromatic amines is 1. The normalized spacial score (nSPS) is 11.4. The second kappa shape index (κ2) is 3.33. The first-order valence-corrected chi connectivity index (χ1v) is 5.62. The highest BCUT2D eigenvalue weighted by Gasteiger charge is 2.08. The fourth-order valence-electron chi connectivity index (χ4n) is 1.42. The van der Waals surface area contributed by atoms with Crippen LogP contribution in [0.25, 0.3) is 10.2 Å². The molecule has 2 aromatic heterocycles. The second-order valence-corrected chi connectivity index (χ2v) is 4.67. The largest absolute Gasteiger partial charge is 0.331 e. The van der Waals surface area contributed by atoms with Crippen molar-refractivity contribution in [3.05, 3.63) is 26.6 Å². The maximum atomic E-state index is 11.9. The Morgan fingerprint density at radius 3 is 2.93 bits per heavy atom. The van der Waals surface area contributed by atoms with Crippen molar-refractivity contribution in [2.45, 2.75) is 19.9 Å². The number of fused-ring (bicyclic) bond motifs is 1. The Hall–Kier alpha value is -0.940. The smallest absolute Gasteiger partial charge is 0.272 e. The van der Waals surface area contributed by atoms with Gasteiger partial charge in [-0.05, 0) is 37.5 Å². The molecule has 0 aliphatic heterocycles. The van der Waals surface area contributed by atoms with Crippen LogP contribution in [-0.2, 0) is 0 Å². The van der Waals surface area contributed by atoms with Crippen molar-refractivity contribution >= 4 is 33.8 Å². The summed E-state index contributed by atoms with van der Waals surface area (Å²) in [6, 6.07) is 1.97. The molecule has 0 atom stereocenters. The lowest BCUT2D eigenvalue weighted by Crippen LogP contribution is -2.22. The van der Waals surface area contributed by atoms with Crippen LogP contribution in [0.2, 0.25) is 0 Å². The lowest BCUT2D eigenvalue weighted by Gasteiger charge is -2.09. The monoisotopic (exact) mass is 226 g/mol. The summed E-state index contributed by atoms with van der Waals surface area (Å²) in [5, 5.41) is 1.89. The number of thiophene rings is 1. The summed E-state index contributed by atoms with van der Waals surface area (Å²) < 4.78 is 2.84. The van der Waals surface area contributed by atoms with E-state index in [1.165, 1.54) is 11.3 Å². The molecule has 0 amide bonds. The Morgan fingerprint density at radius 2 is 2.29 bits per heavy atom. The van der Waals surface area contributed by atoms with E-state index in [2.05, 4.69) is 4.98 Å². The summed E-state index contributed by atoms with van der Waals surface area (Å²) in [6.07, 6.45) is 0. The van der Waals surface area contributed by atoms with Gasteiger partial charge in [0.25, 0.3) is 5.56 Å². The third kappa shape index (κ3) is 1.33. The first kappa shape index (κ1) is 9.61. The van der Waals surface area contributed by atoms with Crippen LogP contribution >= 0.6 is 23.6 Å². The number of hydrogen-bond acceptors (Lipinski definition) is 3. The lowest BCUT2D eigenvalue weighted by atomic mass is 10.4. The second-order valence-electron chi connectivity index (χ2n) is 3.36. The molecule has 0 saturated carbocycles. The van der Waals surface area contributed by atoms with Gasteiger partial charge in [-0.25, -0.2) is 0 Å². The van der Waals surface area contributed by atoms with Crippen molar-refractivity contribution in [1.29, 1.82) is 0 Å². The van der Waals surface area contributed by atoms with E-state index in [1.54, 1.807) is 4.57 Å². The molecule has 0 radical (unpaired) electrons. The Bertz CT molecular complexity index is 576. The zero-order chi connectivity index (χ0) is 10.3. The van der Waals surface area contributed by atoms with E-state index in [1.807, 2.05) is 25.3 Å². The van der Waals surface area contributed by atoms with Gasteiger partial charge in [-0.15, -0.1) is 11.3 Å². The van der Waals surface area contributed by atoms with Gasteiger partial charge < -0.3 is 4.98 Å². The summed E-state index contributed by atoms with van der Waals surface area (Å²) in [5.74, 6) is 0. The number of hydrogen-bond donors (Lipinski definition) is 1. The minimum absolute atomic E-state index is 0.00810. The predicted molar refractivity (Wildman–Crippen MR) is 61.7 cm³/mol. The van der Waals surface area contributed by atoms with E-state index in [0.29, 0.717) is 4.77 Å². The standard InChI is InChI=1S/C9H10N2OS2/c1-5(2)11-8(12)7-6(3-4-14-7)10-9(11)13/h3-5H,1-2H3,(H,10,13). The molecule has 14 heavy (non-hydrogen) atoms. The van der Waals surface area contributed by atoms with Crippen LogP contribution < -0.4 is 5.56 Å². The van der Waals surface area contributed by atoms with Gasteiger partial charge in [-0.2, -0.15) is 0 Å². The minimum Gasteiger partial charge on any atom is -0.331 e. The van der Waals surface area contributed by atoms with Crippen LogP contribution in [-0.4, -0.2) is 9.55 Å². The predicted octanol–water partition coefficient (Wildman–Crippen LogP) is 2.70. The van der Waals surface area contributed by atoms with Crippen molar-refractivity contribution in [3.8, 4) is 0 Å². The molecule has 2 heterocycles. The fourth-order valence-corrected chi connectivity index (χ4v) is 2.61. The topological polar surface area (TPSA) is 37.8 Å². The summed E-state index contributed by atoms with van der Waals surface area (Å²) in [5.41, 5.74) is 0.843. The highest BCUT2D eigenvalue weighted by Crippen LogP contribution is 2.15. The van der Waals surface area contributed by atoms with Crippen LogP contribution in [0.15, 0.2) is 16.2 Å². The Balaban J connectivity index is 2.97. The molecule has 0 aliphatic rings. The molecular formula is C9H10N2OS2. The molecule has 1 N–H and O–H groups in total. The Morgan fingerprint density at radius 1 is 1.57 bits per heavy atom. The molecule has 0 saturated heterocycles. The molecule has 0 fully saturated rings. The number of rotatable bonds is 1. The molecule has 74 valence electrons. The van der Waals surface area contributed by atoms with Crippen molar-refractivity contribution in [3.63, 3.8) is 0 Å². The first-order chi connectivity index (χ1) is 6.61. The maximum absolute atomic E-state index is 11.9. The minimum atomic E-state index is 0.00810. The SMILES string of the molecule is CC(C)n1c(=S)[nH]c2ccsc2c1=O. The van der Waals surface area contributed by atoms with E-state index in [-0.39, 0.29) is 11.6 Å². The molecule has 3 nitrogen and oxygen atoms in total. The fraction of sp³-hybridized carbons (Fsp3) is 0.333. The van der Waals surface area contributed by atoms with E-state index in [4.69, 9.17) is 12.2 Å². The third-order valence-electron chi connectivity index (χ3n) is 2.06. The maximum Gasteiger partial charge on any atom is 0.272 e. The van der Waals surface area contributed by atoms with E-state index in [0.717, 1.165) is 10.2 Å². The summed E-state index contributed by atoms with van der Waals surface area (Å²) in [6.45, 7) is 3.90. The highest BCUT2D eigenvalue weighted by molar-refractivity contribution is 7.71.